The molecule has 0 aliphatic carbocycles. The topological polar surface area (TPSA) is 81.0 Å². The summed E-state index contributed by atoms with van der Waals surface area (Å²) in [6.07, 6.45) is -2.31. The summed E-state index contributed by atoms with van der Waals surface area (Å²) in [6, 6.07) is 12.7. The molecule has 5 rings (SSSR count). The molecular weight excluding hydrogens is 477 g/mol. The van der Waals surface area contributed by atoms with E-state index < -0.39 is 34.6 Å². The molecule has 2 aliphatic heterocycles. The highest BCUT2D eigenvalue weighted by atomic mass is 19.4. The lowest BCUT2D eigenvalue weighted by molar-refractivity contribution is -0.275. The van der Waals surface area contributed by atoms with E-state index in [1.807, 2.05) is 24.9 Å². The standard InChI is InChI=1S/C26H23F3N2O5/c1-25(2)9-8-19-16-10-22(35-14-15-6-4-3-5-7-15)23(36-26(27,28)29)11-17(16)20-12-21(32)18(24(33)34)13-30(20)31(19)25/h3-7,10-13,19H,8-9,14H2,1-2H3,(H,33,34)/t19-/m1/s1. The van der Waals surface area contributed by atoms with Gasteiger partial charge in [0.25, 0.3) is 0 Å². The van der Waals surface area contributed by atoms with Crippen molar-refractivity contribution in [3.05, 3.63) is 81.6 Å². The molecule has 0 saturated carbocycles. The zero-order chi connectivity index (χ0) is 25.8. The number of carbonyl (C=O) groups is 1. The number of aromatic nitrogens is 1. The van der Waals surface area contributed by atoms with Gasteiger partial charge in [-0.15, -0.1) is 13.2 Å². The van der Waals surface area contributed by atoms with Gasteiger partial charge in [-0.3, -0.25) is 14.5 Å². The number of alkyl halides is 3. The second kappa shape index (κ2) is 8.32. The average molecular weight is 500 g/mol. The van der Waals surface area contributed by atoms with Gasteiger partial charge in [-0.2, -0.15) is 0 Å². The number of halogens is 3. The van der Waals surface area contributed by atoms with Gasteiger partial charge in [0.05, 0.1) is 17.3 Å². The first kappa shape index (κ1) is 23.8. The number of hydrogen-bond donors (Lipinski definition) is 1. The van der Waals surface area contributed by atoms with E-state index in [1.54, 1.807) is 28.9 Å². The van der Waals surface area contributed by atoms with Crippen LogP contribution >= 0.6 is 0 Å². The Kier molecular flexibility index (Phi) is 5.50. The van der Waals surface area contributed by atoms with E-state index in [1.165, 1.54) is 18.3 Å². The first-order valence-electron chi connectivity index (χ1n) is 11.3. The maximum atomic E-state index is 13.3. The molecule has 0 amide bonds. The third kappa shape index (κ3) is 4.16. The van der Waals surface area contributed by atoms with Crippen LogP contribution in [0.3, 0.4) is 0 Å². The van der Waals surface area contributed by atoms with Gasteiger partial charge in [-0.25, -0.2) is 4.79 Å². The van der Waals surface area contributed by atoms with Gasteiger partial charge in [-0.05, 0) is 49.9 Å². The molecule has 1 atom stereocenters. The summed E-state index contributed by atoms with van der Waals surface area (Å²) >= 11 is 0. The molecule has 1 N–H and O–H groups in total. The summed E-state index contributed by atoms with van der Waals surface area (Å²) in [6.45, 7) is 4.02. The number of hydrogen-bond acceptors (Lipinski definition) is 5. The first-order chi connectivity index (χ1) is 16.9. The van der Waals surface area contributed by atoms with Crippen molar-refractivity contribution in [2.24, 2.45) is 0 Å². The van der Waals surface area contributed by atoms with Crippen molar-refractivity contribution in [2.75, 3.05) is 5.01 Å². The quantitative estimate of drug-likeness (QED) is 0.515. The van der Waals surface area contributed by atoms with E-state index in [-0.39, 0.29) is 24.1 Å². The minimum atomic E-state index is -4.97. The van der Waals surface area contributed by atoms with Crippen LogP contribution in [-0.2, 0) is 6.61 Å². The molecule has 1 saturated heterocycles. The zero-order valence-electron chi connectivity index (χ0n) is 19.5. The normalized spacial score (nSPS) is 17.7. The summed E-state index contributed by atoms with van der Waals surface area (Å²) < 4.78 is 51.7. The molecule has 7 nitrogen and oxygen atoms in total. The minimum Gasteiger partial charge on any atom is -0.485 e. The van der Waals surface area contributed by atoms with E-state index in [2.05, 4.69) is 4.74 Å². The van der Waals surface area contributed by atoms with Crippen molar-refractivity contribution in [3.8, 4) is 22.8 Å². The molecule has 2 aliphatic rings. The highest BCUT2D eigenvalue weighted by Crippen LogP contribution is 2.51. The lowest BCUT2D eigenvalue weighted by atomic mass is 9.93. The third-order valence-corrected chi connectivity index (χ3v) is 6.65. The van der Waals surface area contributed by atoms with Gasteiger partial charge in [0.2, 0.25) is 0 Å². The average Bonchev–Trinajstić information content (AvgIpc) is 3.12. The number of benzene rings is 2. The molecule has 3 heterocycles. The highest BCUT2D eigenvalue weighted by Gasteiger charge is 2.46. The number of nitrogens with zero attached hydrogens (tertiary/aromatic N) is 2. The van der Waals surface area contributed by atoms with Gasteiger partial charge in [-0.1, -0.05) is 30.3 Å². The summed E-state index contributed by atoms with van der Waals surface area (Å²) in [5.41, 5.74) is 0.530. The third-order valence-electron chi connectivity index (χ3n) is 6.65. The van der Waals surface area contributed by atoms with Crippen molar-refractivity contribution in [2.45, 2.75) is 51.2 Å². The van der Waals surface area contributed by atoms with Crippen LogP contribution in [0.4, 0.5) is 13.2 Å². The van der Waals surface area contributed by atoms with Crippen molar-refractivity contribution < 1.29 is 32.5 Å². The molecule has 0 radical (unpaired) electrons. The van der Waals surface area contributed by atoms with E-state index in [0.29, 0.717) is 17.5 Å². The number of aromatic carboxylic acids is 1. The molecule has 10 heteroatoms. The van der Waals surface area contributed by atoms with Crippen LogP contribution < -0.4 is 19.9 Å². The summed E-state index contributed by atoms with van der Waals surface area (Å²) in [5.74, 6) is -1.98. The Hall–Kier alpha value is -3.95. The molecule has 0 spiro atoms. The fraction of sp³-hybridized carbons (Fsp3) is 0.308. The van der Waals surface area contributed by atoms with Crippen molar-refractivity contribution in [3.63, 3.8) is 0 Å². The number of carboxylic acid groups (broad SMARTS) is 1. The van der Waals surface area contributed by atoms with Gasteiger partial charge in [0, 0.05) is 17.8 Å². The Labute approximate surface area is 204 Å². The molecule has 36 heavy (non-hydrogen) atoms. The van der Waals surface area contributed by atoms with Gasteiger partial charge >= 0.3 is 12.3 Å². The predicted octanol–water partition coefficient (Wildman–Crippen LogP) is 5.26. The SMILES string of the molecule is CC1(C)CC[C@@H]2c3cc(OCc4ccccc4)c(OC(F)(F)F)cc3-c3cc(=O)c(C(=O)O)cn3N21. The molecule has 188 valence electrons. The first-order valence-corrected chi connectivity index (χ1v) is 11.3. The Morgan fingerprint density at radius 1 is 1.14 bits per heavy atom. The van der Waals surface area contributed by atoms with E-state index >= 15 is 0 Å². The lowest BCUT2D eigenvalue weighted by Crippen LogP contribution is -2.50. The number of fused-ring (bicyclic) bond motifs is 6. The van der Waals surface area contributed by atoms with Crippen LogP contribution in [0.1, 0.15) is 54.2 Å². The summed E-state index contributed by atoms with van der Waals surface area (Å²) in [5, 5.41) is 11.5. The molecule has 0 bridgehead atoms. The Morgan fingerprint density at radius 2 is 1.86 bits per heavy atom. The van der Waals surface area contributed by atoms with Crippen LogP contribution in [0.2, 0.25) is 0 Å². The van der Waals surface area contributed by atoms with Crippen molar-refractivity contribution in [1.29, 1.82) is 0 Å². The largest absolute Gasteiger partial charge is 0.573 e. The van der Waals surface area contributed by atoms with Crippen LogP contribution in [0.25, 0.3) is 11.3 Å². The zero-order valence-corrected chi connectivity index (χ0v) is 19.5. The smallest absolute Gasteiger partial charge is 0.485 e. The summed E-state index contributed by atoms with van der Waals surface area (Å²) in [4.78, 5) is 24.2. The minimum absolute atomic E-state index is 0.0335. The fourth-order valence-electron chi connectivity index (χ4n) is 5.07. The predicted molar refractivity (Wildman–Crippen MR) is 125 cm³/mol. The van der Waals surface area contributed by atoms with E-state index in [0.717, 1.165) is 18.1 Å². The lowest BCUT2D eigenvalue weighted by Gasteiger charge is -2.44. The van der Waals surface area contributed by atoms with E-state index in [9.17, 15) is 27.9 Å². The molecule has 1 fully saturated rings. The Balaban J connectivity index is 1.69. The molecule has 2 aromatic carbocycles. The van der Waals surface area contributed by atoms with Crippen LogP contribution in [0.15, 0.2) is 59.5 Å². The van der Waals surface area contributed by atoms with E-state index in [4.69, 9.17) is 4.74 Å². The van der Waals surface area contributed by atoms with Crippen LogP contribution in [0, 0.1) is 0 Å². The summed E-state index contributed by atoms with van der Waals surface area (Å²) in [7, 11) is 0. The molecule has 3 aromatic rings. The maximum Gasteiger partial charge on any atom is 0.573 e. The van der Waals surface area contributed by atoms with Crippen molar-refractivity contribution in [1.82, 2.24) is 4.68 Å². The van der Waals surface area contributed by atoms with Gasteiger partial charge in [0.1, 0.15) is 12.2 Å². The van der Waals surface area contributed by atoms with Crippen LogP contribution in [0.5, 0.6) is 11.5 Å². The number of pyridine rings is 1. The fourth-order valence-corrected chi connectivity index (χ4v) is 5.07. The second-order valence-corrected chi connectivity index (χ2v) is 9.51. The molecule has 1 aromatic heterocycles. The number of ether oxygens (including phenoxy) is 2. The highest BCUT2D eigenvalue weighted by molar-refractivity contribution is 5.88. The van der Waals surface area contributed by atoms with Gasteiger partial charge < -0.3 is 14.6 Å². The Morgan fingerprint density at radius 3 is 2.53 bits per heavy atom. The maximum absolute atomic E-state index is 13.3. The monoisotopic (exact) mass is 500 g/mol. The van der Waals surface area contributed by atoms with Crippen molar-refractivity contribution >= 4 is 5.97 Å². The van der Waals surface area contributed by atoms with Gasteiger partial charge in [0.15, 0.2) is 16.9 Å². The molecule has 0 unspecified atom stereocenters. The number of rotatable bonds is 5. The van der Waals surface area contributed by atoms with Crippen LogP contribution in [-0.4, -0.2) is 27.7 Å². The second-order valence-electron chi connectivity index (χ2n) is 9.51. The number of carboxylic acids is 1. The molecular formula is C26H23F3N2O5. The Bertz CT molecular complexity index is 1400.